The summed E-state index contributed by atoms with van der Waals surface area (Å²) in [5, 5.41) is 12.4. The lowest BCUT2D eigenvalue weighted by Gasteiger charge is -2.54. The van der Waals surface area contributed by atoms with Crippen molar-refractivity contribution in [3.05, 3.63) is 29.8 Å². The van der Waals surface area contributed by atoms with E-state index in [0.29, 0.717) is 36.5 Å². The Morgan fingerprint density at radius 3 is 2.83 bits per heavy atom. The Hall–Kier alpha value is -3.14. The molecule has 0 radical (unpaired) electrons. The number of aromatic nitrogens is 4. The van der Waals surface area contributed by atoms with Gasteiger partial charge in [0.1, 0.15) is 6.67 Å². The molecule has 3 aliphatic rings. The van der Waals surface area contributed by atoms with Crippen molar-refractivity contribution in [3.8, 4) is 5.82 Å². The van der Waals surface area contributed by atoms with Gasteiger partial charge in [-0.05, 0) is 31.9 Å². The number of anilines is 1. The Labute approximate surface area is 171 Å². The van der Waals surface area contributed by atoms with Gasteiger partial charge in [0, 0.05) is 19.0 Å². The van der Waals surface area contributed by atoms with Crippen molar-refractivity contribution < 1.29 is 13.7 Å². The molecule has 0 unspecified atom stereocenters. The number of rotatable bonds is 1. The monoisotopic (exact) mass is 409 g/mol. The second-order valence-electron chi connectivity index (χ2n) is 8.23. The van der Waals surface area contributed by atoms with Gasteiger partial charge in [0.25, 0.3) is 0 Å². The molecule has 0 bridgehead atoms. The minimum absolute atomic E-state index is 0.0350. The average molecular weight is 409 g/mol. The number of halogens is 1. The van der Waals surface area contributed by atoms with Gasteiger partial charge in [-0.25, -0.2) is 4.39 Å². The number of fused-ring (bicyclic) bond motifs is 5. The van der Waals surface area contributed by atoms with Gasteiger partial charge in [0.15, 0.2) is 5.82 Å². The maximum atomic E-state index is 15.9. The van der Waals surface area contributed by atoms with Crippen LogP contribution in [0.5, 0.6) is 0 Å². The fourth-order valence-corrected chi connectivity index (χ4v) is 5.27. The molecule has 6 rings (SSSR count). The van der Waals surface area contributed by atoms with Gasteiger partial charge in [0.05, 0.1) is 47.1 Å². The summed E-state index contributed by atoms with van der Waals surface area (Å²) >= 11 is 0. The second kappa shape index (κ2) is 6.18. The van der Waals surface area contributed by atoms with Gasteiger partial charge in [-0.3, -0.25) is 9.98 Å². The Bertz CT molecular complexity index is 1170. The Kier molecular flexibility index (Phi) is 3.64. The molecule has 0 N–H and O–H groups in total. The smallest absolute Gasteiger partial charge is 0.206 e. The van der Waals surface area contributed by atoms with Crippen molar-refractivity contribution in [1.29, 1.82) is 0 Å². The van der Waals surface area contributed by atoms with Crippen LogP contribution in [-0.4, -0.2) is 64.0 Å². The van der Waals surface area contributed by atoms with Crippen LogP contribution in [0.3, 0.4) is 0 Å². The molecule has 3 atom stereocenters. The fraction of sp³-hybridized carbons (Fsp3) is 0.450. The predicted molar refractivity (Wildman–Crippen MR) is 108 cm³/mol. The van der Waals surface area contributed by atoms with Crippen LogP contribution in [0.2, 0.25) is 0 Å². The van der Waals surface area contributed by atoms with Crippen molar-refractivity contribution in [2.45, 2.75) is 38.5 Å². The summed E-state index contributed by atoms with van der Waals surface area (Å²) in [5.41, 5.74) is 1.07. The zero-order chi connectivity index (χ0) is 20.5. The number of aliphatic imine (C=N–C) groups is 2. The third kappa shape index (κ3) is 2.33. The first kappa shape index (κ1) is 17.7. The van der Waals surface area contributed by atoms with Crippen molar-refractivity contribution in [2.24, 2.45) is 15.4 Å². The molecule has 0 aliphatic carbocycles. The number of hydrogen-bond donors (Lipinski definition) is 0. The number of morpholine rings is 1. The highest BCUT2D eigenvalue weighted by Gasteiger charge is 2.52. The molecule has 30 heavy (non-hydrogen) atoms. The average Bonchev–Trinajstić information content (AvgIpc) is 3.37. The zero-order valence-electron chi connectivity index (χ0n) is 16.6. The number of benzene rings is 1. The van der Waals surface area contributed by atoms with E-state index < -0.39 is 11.2 Å². The van der Waals surface area contributed by atoms with Crippen LogP contribution in [-0.2, 0) is 11.2 Å². The van der Waals surface area contributed by atoms with Gasteiger partial charge in [-0.2, -0.15) is 4.68 Å². The number of hydrogen-bond acceptors (Lipinski definition) is 8. The molecule has 5 heterocycles. The highest BCUT2D eigenvalue weighted by Crippen LogP contribution is 2.47. The van der Waals surface area contributed by atoms with Crippen LogP contribution in [0.1, 0.15) is 19.4 Å². The first-order valence-electron chi connectivity index (χ1n) is 9.99. The molecule has 1 aromatic carbocycles. The third-order valence-electron chi connectivity index (χ3n) is 6.22. The highest BCUT2D eigenvalue weighted by molar-refractivity contribution is 5.96. The van der Waals surface area contributed by atoms with E-state index in [0.717, 1.165) is 5.56 Å². The largest absolute Gasteiger partial charge is 0.372 e. The van der Waals surface area contributed by atoms with E-state index in [1.165, 1.54) is 4.68 Å². The zero-order valence-corrected chi connectivity index (χ0v) is 16.6. The molecule has 1 saturated heterocycles. The normalized spacial score (nSPS) is 26.9. The van der Waals surface area contributed by atoms with Crippen LogP contribution in [0, 0.1) is 11.2 Å². The van der Waals surface area contributed by atoms with E-state index in [4.69, 9.17) is 9.26 Å². The summed E-state index contributed by atoms with van der Waals surface area (Å²) in [7, 11) is 0. The summed E-state index contributed by atoms with van der Waals surface area (Å²) in [5.74, 6) is 0.00210. The lowest BCUT2D eigenvalue weighted by atomic mass is 9.69. The molecule has 1 spiro atoms. The van der Waals surface area contributed by atoms with E-state index in [-0.39, 0.29) is 23.8 Å². The van der Waals surface area contributed by atoms with Gasteiger partial charge in [-0.1, -0.05) is 10.4 Å². The summed E-state index contributed by atoms with van der Waals surface area (Å²) in [6.07, 6.45) is 7.53. The minimum atomic E-state index is -0.463. The molecular formula is C20H20FN7O2. The van der Waals surface area contributed by atoms with Crippen molar-refractivity contribution in [3.63, 3.8) is 0 Å². The van der Waals surface area contributed by atoms with Crippen molar-refractivity contribution in [1.82, 2.24) is 20.2 Å². The van der Waals surface area contributed by atoms with E-state index >= 15 is 4.39 Å². The first-order valence-corrected chi connectivity index (χ1v) is 9.99. The lowest BCUT2D eigenvalue weighted by molar-refractivity contribution is -0.0432. The SMILES string of the molecule is C[C@@H]1CN2c3c(cc4c(-n5ccnn5)noc4c3F)CC3(C=NCN=C3)[C@H]2[C@H](C)O1. The number of ether oxygens (including phenoxy) is 1. The molecule has 3 aliphatic heterocycles. The summed E-state index contributed by atoms with van der Waals surface area (Å²) in [4.78, 5) is 11.0. The fourth-order valence-electron chi connectivity index (χ4n) is 5.27. The maximum absolute atomic E-state index is 15.9. The third-order valence-corrected chi connectivity index (χ3v) is 6.22. The topological polar surface area (TPSA) is 93.9 Å². The van der Waals surface area contributed by atoms with Crippen molar-refractivity contribution in [2.75, 3.05) is 18.1 Å². The summed E-state index contributed by atoms with van der Waals surface area (Å²) in [6.45, 7) is 5.02. The molecule has 0 amide bonds. The first-order chi connectivity index (χ1) is 14.6. The molecule has 0 saturated carbocycles. The predicted octanol–water partition coefficient (Wildman–Crippen LogP) is 2.19. The van der Waals surface area contributed by atoms with Crippen molar-refractivity contribution >= 4 is 29.1 Å². The van der Waals surface area contributed by atoms with Gasteiger partial charge < -0.3 is 14.2 Å². The van der Waals surface area contributed by atoms with E-state index in [1.54, 1.807) is 12.4 Å². The van der Waals surface area contributed by atoms with Crippen LogP contribution >= 0.6 is 0 Å². The van der Waals surface area contributed by atoms with Gasteiger partial charge >= 0.3 is 0 Å². The quantitative estimate of drug-likeness (QED) is 0.612. The van der Waals surface area contributed by atoms with Crippen LogP contribution in [0.15, 0.2) is 33.0 Å². The summed E-state index contributed by atoms with van der Waals surface area (Å²) < 4.78 is 28.9. The van der Waals surface area contributed by atoms with Gasteiger partial charge in [0.2, 0.25) is 11.4 Å². The molecule has 10 heteroatoms. The van der Waals surface area contributed by atoms with Crippen LogP contribution < -0.4 is 4.90 Å². The highest BCUT2D eigenvalue weighted by atomic mass is 19.1. The van der Waals surface area contributed by atoms with E-state index in [2.05, 4.69) is 30.4 Å². The van der Waals surface area contributed by atoms with E-state index in [9.17, 15) is 0 Å². The molecule has 3 aromatic rings. The molecule has 154 valence electrons. The minimum Gasteiger partial charge on any atom is -0.372 e. The summed E-state index contributed by atoms with van der Waals surface area (Å²) in [6, 6.07) is 1.83. The Balaban J connectivity index is 1.60. The van der Waals surface area contributed by atoms with Gasteiger partial charge in [-0.15, -0.1) is 5.10 Å². The maximum Gasteiger partial charge on any atom is 0.206 e. The molecular weight excluding hydrogens is 389 g/mol. The molecule has 2 aromatic heterocycles. The second-order valence-corrected chi connectivity index (χ2v) is 8.23. The lowest BCUT2D eigenvalue weighted by Crippen LogP contribution is -2.65. The Morgan fingerprint density at radius 1 is 1.23 bits per heavy atom. The Morgan fingerprint density at radius 2 is 2.07 bits per heavy atom. The van der Waals surface area contributed by atoms with Crippen LogP contribution in [0.4, 0.5) is 10.1 Å². The van der Waals surface area contributed by atoms with E-state index in [1.807, 2.05) is 32.3 Å². The molecule has 1 fully saturated rings. The standard InChI is InChI=1S/C20H20FN7O2/c1-11-7-27-16-13(6-20(8-22-10-23-9-20)18(27)12(2)29-11)5-14-17(15(16)21)30-25-19(14)28-4-3-24-26-28/h3-5,8-9,11-12,18H,6-7,10H2,1-2H3/t11-,12+,18-/m1/s1. The van der Waals surface area contributed by atoms with Crippen LogP contribution in [0.25, 0.3) is 16.8 Å². The molecule has 9 nitrogen and oxygen atoms in total. The number of nitrogens with zero attached hydrogens (tertiary/aromatic N) is 7.